The van der Waals surface area contributed by atoms with E-state index < -0.39 is 0 Å². The van der Waals surface area contributed by atoms with Crippen molar-refractivity contribution in [2.24, 2.45) is 0 Å². The van der Waals surface area contributed by atoms with Crippen molar-refractivity contribution < 1.29 is 4.42 Å². The van der Waals surface area contributed by atoms with Gasteiger partial charge in [-0.25, -0.2) is 4.98 Å². The lowest BCUT2D eigenvalue weighted by Crippen LogP contribution is -1.91. The lowest BCUT2D eigenvalue weighted by atomic mass is 10.1. The zero-order valence-electron chi connectivity index (χ0n) is 13.0. The van der Waals surface area contributed by atoms with Crippen LogP contribution in [0.25, 0.3) is 43.5 Å². The van der Waals surface area contributed by atoms with Crippen molar-refractivity contribution in [3.63, 3.8) is 0 Å². The molecule has 0 aliphatic heterocycles. The number of anilines is 1. The molecule has 2 N–H and O–H groups in total. The van der Waals surface area contributed by atoms with Crippen LogP contribution < -0.4 is 5.73 Å². The molecule has 25 heavy (non-hydrogen) atoms. The summed E-state index contributed by atoms with van der Waals surface area (Å²) in [7, 11) is 0. The largest absolute Gasteiger partial charge is 0.452 e. The quantitative estimate of drug-likeness (QED) is 0.500. The lowest BCUT2D eigenvalue weighted by molar-refractivity contribution is 0.632. The molecule has 0 unspecified atom stereocenters. The third-order valence-electron chi connectivity index (χ3n) is 4.20. The van der Waals surface area contributed by atoms with E-state index in [-0.39, 0.29) is 0 Å². The minimum Gasteiger partial charge on any atom is -0.452 e. The summed E-state index contributed by atoms with van der Waals surface area (Å²) in [6.45, 7) is 0. The number of furan rings is 1. The Morgan fingerprint density at radius 3 is 2.76 bits per heavy atom. The van der Waals surface area contributed by atoms with Crippen LogP contribution >= 0.6 is 11.3 Å². The SMILES string of the molecule is Nc1ncc(-c2cccnc2)c2cc(-c3csc4cnccc34)oc12. The van der Waals surface area contributed by atoms with E-state index in [4.69, 9.17) is 10.2 Å². The molecule has 120 valence electrons. The van der Waals surface area contributed by atoms with Gasteiger partial charge in [0.1, 0.15) is 5.76 Å². The topological polar surface area (TPSA) is 77.8 Å². The van der Waals surface area contributed by atoms with Gasteiger partial charge in [-0.3, -0.25) is 9.97 Å². The Kier molecular flexibility index (Phi) is 3.05. The number of nitrogens with two attached hydrogens (primary N) is 1. The first-order valence-corrected chi connectivity index (χ1v) is 8.59. The van der Waals surface area contributed by atoms with Gasteiger partial charge < -0.3 is 10.2 Å². The first-order valence-electron chi connectivity index (χ1n) is 7.71. The Balaban J connectivity index is 1.78. The minimum absolute atomic E-state index is 0.384. The van der Waals surface area contributed by atoms with Gasteiger partial charge in [0, 0.05) is 63.8 Å². The summed E-state index contributed by atoms with van der Waals surface area (Å²) in [5.41, 5.74) is 9.62. The molecule has 0 fully saturated rings. The Hall–Kier alpha value is -3.25. The Bertz CT molecular complexity index is 1210. The molecular weight excluding hydrogens is 332 g/mol. The zero-order chi connectivity index (χ0) is 16.8. The maximum Gasteiger partial charge on any atom is 0.177 e. The molecule has 0 saturated heterocycles. The Labute approximate surface area is 146 Å². The maximum absolute atomic E-state index is 6.09. The third kappa shape index (κ3) is 2.19. The second kappa shape index (κ2) is 5.39. The van der Waals surface area contributed by atoms with Gasteiger partial charge in [-0.05, 0) is 18.2 Å². The van der Waals surface area contributed by atoms with Crippen LogP contribution in [0.1, 0.15) is 0 Å². The summed E-state index contributed by atoms with van der Waals surface area (Å²) in [5.74, 6) is 1.16. The van der Waals surface area contributed by atoms with E-state index in [0.29, 0.717) is 11.4 Å². The molecule has 5 heterocycles. The maximum atomic E-state index is 6.09. The molecule has 0 aromatic carbocycles. The van der Waals surface area contributed by atoms with E-state index in [0.717, 1.165) is 37.9 Å². The normalized spacial score (nSPS) is 11.4. The van der Waals surface area contributed by atoms with Crippen molar-refractivity contribution >= 4 is 38.2 Å². The number of aromatic nitrogens is 3. The highest BCUT2D eigenvalue weighted by atomic mass is 32.1. The number of hydrogen-bond donors (Lipinski definition) is 1. The number of hydrogen-bond acceptors (Lipinski definition) is 6. The van der Waals surface area contributed by atoms with Crippen LogP contribution in [-0.2, 0) is 0 Å². The van der Waals surface area contributed by atoms with Crippen LogP contribution in [0.2, 0.25) is 0 Å². The predicted octanol–water partition coefficient (Wildman–Crippen LogP) is 4.75. The van der Waals surface area contributed by atoms with E-state index in [1.54, 1.807) is 29.9 Å². The van der Waals surface area contributed by atoms with Crippen molar-refractivity contribution in [2.45, 2.75) is 0 Å². The molecule has 0 radical (unpaired) electrons. The van der Waals surface area contributed by atoms with Gasteiger partial charge in [-0.1, -0.05) is 6.07 Å². The number of pyridine rings is 3. The molecule has 5 aromatic heterocycles. The van der Waals surface area contributed by atoms with Crippen molar-refractivity contribution in [1.29, 1.82) is 0 Å². The van der Waals surface area contributed by atoms with Crippen molar-refractivity contribution in [3.8, 4) is 22.5 Å². The summed E-state index contributed by atoms with van der Waals surface area (Å²) in [6, 6.07) is 7.92. The Morgan fingerprint density at radius 2 is 1.88 bits per heavy atom. The van der Waals surface area contributed by atoms with Crippen LogP contribution in [0, 0.1) is 0 Å². The van der Waals surface area contributed by atoms with Gasteiger partial charge in [0.05, 0.1) is 4.70 Å². The van der Waals surface area contributed by atoms with E-state index in [2.05, 4.69) is 20.3 Å². The zero-order valence-corrected chi connectivity index (χ0v) is 13.8. The van der Waals surface area contributed by atoms with Crippen LogP contribution in [-0.4, -0.2) is 15.0 Å². The molecule has 5 nitrogen and oxygen atoms in total. The second-order valence-electron chi connectivity index (χ2n) is 5.67. The van der Waals surface area contributed by atoms with Crippen LogP contribution in [0.4, 0.5) is 5.82 Å². The highest BCUT2D eigenvalue weighted by Gasteiger charge is 2.16. The highest BCUT2D eigenvalue weighted by Crippen LogP contribution is 2.40. The molecule has 6 heteroatoms. The standard InChI is InChI=1S/C19H12N4OS/c20-19-18-13(14(8-23-19)11-2-1-4-21-7-11)6-16(24-18)15-10-25-17-9-22-5-3-12(15)17/h1-10H,(H2,20,23). The third-order valence-corrected chi connectivity index (χ3v) is 5.14. The monoisotopic (exact) mass is 344 g/mol. The molecule has 0 amide bonds. The van der Waals surface area contributed by atoms with Gasteiger partial charge >= 0.3 is 0 Å². The average Bonchev–Trinajstić information content (AvgIpc) is 3.27. The first kappa shape index (κ1) is 14.1. The summed E-state index contributed by atoms with van der Waals surface area (Å²) >= 11 is 1.64. The molecule has 0 saturated carbocycles. The predicted molar refractivity (Wildman–Crippen MR) is 100 cm³/mol. The summed E-state index contributed by atoms with van der Waals surface area (Å²) in [5, 5.41) is 4.13. The second-order valence-corrected chi connectivity index (χ2v) is 6.58. The van der Waals surface area contributed by atoms with Gasteiger partial charge in [0.2, 0.25) is 0 Å². The summed E-state index contributed by atoms with van der Waals surface area (Å²) in [4.78, 5) is 12.7. The number of rotatable bonds is 2. The van der Waals surface area contributed by atoms with Crippen LogP contribution in [0.3, 0.4) is 0 Å². The van der Waals surface area contributed by atoms with Gasteiger partial charge in [0.15, 0.2) is 11.4 Å². The number of thiophene rings is 1. The molecule has 5 aromatic rings. The summed E-state index contributed by atoms with van der Waals surface area (Å²) < 4.78 is 7.21. The number of fused-ring (bicyclic) bond motifs is 2. The molecule has 5 rings (SSSR count). The molecule has 0 aliphatic carbocycles. The molecular formula is C19H12N4OS. The van der Waals surface area contributed by atoms with Gasteiger partial charge in [-0.2, -0.15) is 0 Å². The number of nitrogens with zero attached hydrogens (tertiary/aromatic N) is 3. The number of nitrogen functional groups attached to an aromatic ring is 1. The fourth-order valence-corrected chi connectivity index (χ4v) is 3.92. The minimum atomic E-state index is 0.384. The lowest BCUT2D eigenvalue weighted by Gasteiger charge is -2.02. The molecule has 0 spiro atoms. The van der Waals surface area contributed by atoms with Crippen molar-refractivity contribution in [2.75, 3.05) is 5.73 Å². The van der Waals surface area contributed by atoms with E-state index in [1.807, 2.05) is 36.7 Å². The molecule has 0 bridgehead atoms. The van der Waals surface area contributed by atoms with Crippen LogP contribution in [0.5, 0.6) is 0 Å². The first-order chi connectivity index (χ1) is 12.3. The fourth-order valence-electron chi connectivity index (χ4n) is 3.00. The van der Waals surface area contributed by atoms with E-state index >= 15 is 0 Å². The van der Waals surface area contributed by atoms with Crippen molar-refractivity contribution in [3.05, 3.63) is 60.6 Å². The van der Waals surface area contributed by atoms with Gasteiger partial charge in [0.25, 0.3) is 0 Å². The smallest absolute Gasteiger partial charge is 0.177 e. The van der Waals surface area contributed by atoms with E-state index in [9.17, 15) is 0 Å². The van der Waals surface area contributed by atoms with Gasteiger partial charge in [-0.15, -0.1) is 11.3 Å². The molecule has 0 atom stereocenters. The Morgan fingerprint density at radius 1 is 0.960 bits per heavy atom. The summed E-state index contributed by atoms with van der Waals surface area (Å²) in [6.07, 6.45) is 8.98. The van der Waals surface area contributed by atoms with Crippen molar-refractivity contribution in [1.82, 2.24) is 15.0 Å². The average molecular weight is 344 g/mol. The molecule has 0 aliphatic rings. The highest BCUT2D eigenvalue weighted by molar-refractivity contribution is 7.17. The van der Waals surface area contributed by atoms with E-state index in [1.165, 1.54) is 0 Å². The fraction of sp³-hybridized carbons (Fsp3) is 0. The van der Waals surface area contributed by atoms with Crippen LogP contribution in [0.15, 0.2) is 65.0 Å².